The maximum Gasteiger partial charge on any atom is 0.422 e. The molecule has 1 saturated carbocycles. The molecule has 0 aromatic heterocycles. The highest BCUT2D eigenvalue weighted by Crippen LogP contribution is 2.33. The van der Waals surface area contributed by atoms with Crippen LogP contribution in [0.15, 0.2) is 18.2 Å². The van der Waals surface area contributed by atoms with E-state index >= 15 is 0 Å². The van der Waals surface area contributed by atoms with Crippen molar-refractivity contribution in [3.63, 3.8) is 0 Å². The maximum atomic E-state index is 12.1. The van der Waals surface area contributed by atoms with Crippen LogP contribution in [0.1, 0.15) is 18.4 Å². The molecule has 1 fully saturated rings. The zero-order valence-electron chi connectivity index (χ0n) is 11.3. The van der Waals surface area contributed by atoms with Crippen LogP contribution in [-0.4, -0.2) is 24.2 Å². The molecule has 1 amide bonds. The zero-order chi connectivity index (χ0) is 15.0. The van der Waals surface area contributed by atoms with Crippen molar-refractivity contribution >= 4 is 24.0 Å². The van der Waals surface area contributed by atoms with Gasteiger partial charge in [0.15, 0.2) is 6.61 Å². The molecule has 21 heavy (non-hydrogen) atoms. The Balaban J connectivity index is 0.00000220. The van der Waals surface area contributed by atoms with Crippen molar-refractivity contribution < 1.29 is 22.7 Å². The average Bonchev–Trinajstić information content (AvgIpc) is 3.06. The van der Waals surface area contributed by atoms with Gasteiger partial charge in [-0.05, 0) is 43.5 Å². The van der Waals surface area contributed by atoms with Gasteiger partial charge in [-0.3, -0.25) is 4.79 Å². The quantitative estimate of drug-likeness (QED) is 0.895. The molecule has 1 aliphatic carbocycles. The molecular formula is C13H16ClF3N2O2. The summed E-state index contributed by atoms with van der Waals surface area (Å²) in [6, 6.07) is 4.43. The van der Waals surface area contributed by atoms with E-state index in [1.54, 1.807) is 13.0 Å². The third kappa shape index (κ3) is 4.78. The van der Waals surface area contributed by atoms with Gasteiger partial charge in [-0.1, -0.05) is 0 Å². The van der Waals surface area contributed by atoms with E-state index in [0.717, 1.165) is 0 Å². The normalized spacial score (nSPS) is 15.9. The number of anilines is 1. The van der Waals surface area contributed by atoms with E-state index in [4.69, 9.17) is 5.73 Å². The van der Waals surface area contributed by atoms with Crippen LogP contribution in [0.4, 0.5) is 18.9 Å². The van der Waals surface area contributed by atoms with Crippen molar-refractivity contribution in [3.8, 4) is 5.75 Å². The molecule has 4 nitrogen and oxygen atoms in total. The van der Waals surface area contributed by atoms with Crippen molar-refractivity contribution in [1.82, 2.24) is 0 Å². The van der Waals surface area contributed by atoms with E-state index in [0.29, 0.717) is 24.1 Å². The van der Waals surface area contributed by atoms with Crippen molar-refractivity contribution in [2.75, 3.05) is 11.9 Å². The van der Waals surface area contributed by atoms with E-state index < -0.39 is 18.3 Å². The number of aryl methyl sites for hydroxylation is 1. The molecule has 0 aliphatic heterocycles. The fraction of sp³-hybridized carbons (Fsp3) is 0.462. The predicted molar refractivity (Wildman–Crippen MR) is 74.8 cm³/mol. The Morgan fingerprint density at radius 3 is 2.52 bits per heavy atom. The summed E-state index contributed by atoms with van der Waals surface area (Å²) in [5, 5.41) is 2.64. The minimum atomic E-state index is -4.38. The fourth-order valence-electron chi connectivity index (χ4n) is 1.67. The number of amides is 1. The van der Waals surface area contributed by atoms with Crippen LogP contribution < -0.4 is 15.8 Å². The van der Waals surface area contributed by atoms with Crippen LogP contribution in [0.5, 0.6) is 5.75 Å². The van der Waals surface area contributed by atoms with Gasteiger partial charge in [0.2, 0.25) is 5.91 Å². The molecule has 2 rings (SSSR count). The van der Waals surface area contributed by atoms with Crippen LogP contribution in [-0.2, 0) is 4.79 Å². The summed E-state index contributed by atoms with van der Waals surface area (Å²) in [5.74, 6) is -0.143. The predicted octanol–water partition coefficient (Wildman–Crippen LogP) is 2.79. The molecule has 1 aliphatic rings. The van der Waals surface area contributed by atoms with Crippen LogP contribution in [0, 0.1) is 6.92 Å². The first kappa shape index (κ1) is 17.6. The van der Waals surface area contributed by atoms with Gasteiger partial charge in [0.25, 0.3) is 0 Å². The summed E-state index contributed by atoms with van der Waals surface area (Å²) >= 11 is 0. The van der Waals surface area contributed by atoms with Gasteiger partial charge in [-0.2, -0.15) is 13.2 Å². The van der Waals surface area contributed by atoms with Crippen LogP contribution in [0.3, 0.4) is 0 Å². The lowest BCUT2D eigenvalue weighted by atomic mass is 10.2. The van der Waals surface area contributed by atoms with Gasteiger partial charge in [0.05, 0.1) is 5.54 Å². The topological polar surface area (TPSA) is 64.4 Å². The van der Waals surface area contributed by atoms with Gasteiger partial charge < -0.3 is 15.8 Å². The lowest BCUT2D eigenvalue weighted by Crippen LogP contribution is -2.37. The lowest BCUT2D eigenvalue weighted by Gasteiger charge is -2.14. The molecule has 0 unspecified atom stereocenters. The highest BCUT2D eigenvalue weighted by Gasteiger charge is 2.45. The van der Waals surface area contributed by atoms with Crippen LogP contribution in [0.2, 0.25) is 0 Å². The van der Waals surface area contributed by atoms with E-state index in [1.165, 1.54) is 12.1 Å². The monoisotopic (exact) mass is 324 g/mol. The molecule has 0 spiro atoms. The first-order chi connectivity index (χ1) is 9.20. The Kier molecular flexibility index (Phi) is 5.11. The Bertz CT molecular complexity index is 531. The maximum absolute atomic E-state index is 12.1. The number of halogens is 4. The first-order valence-corrected chi connectivity index (χ1v) is 6.10. The highest BCUT2D eigenvalue weighted by molar-refractivity contribution is 6.00. The molecule has 0 bridgehead atoms. The molecule has 118 valence electrons. The number of nitrogens with one attached hydrogen (secondary N) is 1. The number of carbonyl (C=O) groups is 1. The number of alkyl halides is 3. The number of benzene rings is 1. The molecular weight excluding hydrogens is 309 g/mol. The number of rotatable bonds is 4. The summed E-state index contributed by atoms with van der Waals surface area (Å²) in [5.41, 5.74) is 5.95. The Labute approximate surface area is 126 Å². The van der Waals surface area contributed by atoms with E-state index in [1.807, 2.05) is 0 Å². The Hall–Kier alpha value is -1.47. The second kappa shape index (κ2) is 6.11. The molecule has 3 N–H and O–H groups in total. The lowest BCUT2D eigenvalue weighted by molar-refractivity contribution is -0.153. The summed E-state index contributed by atoms with van der Waals surface area (Å²) in [6.07, 6.45) is -3.09. The first-order valence-electron chi connectivity index (χ1n) is 6.10. The van der Waals surface area contributed by atoms with E-state index in [9.17, 15) is 18.0 Å². The third-order valence-electron chi connectivity index (χ3n) is 3.07. The minimum Gasteiger partial charge on any atom is -0.484 e. The summed E-state index contributed by atoms with van der Waals surface area (Å²) in [4.78, 5) is 11.7. The summed E-state index contributed by atoms with van der Waals surface area (Å²) < 4.78 is 40.9. The van der Waals surface area contributed by atoms with E-state index in [-0.39, 0.29) is 24.1 Å². The van der Waals surface area contributed by atoms with Crippen molar-refractivity contribution in [1.29, 1.82) is 0 Å². The number of ether oxygens (including phenoxy) is 1. The van der Waals surface area contributed by atoms with Gasteiger partial charge in [-0.15, -0.1) is 12.4 Å². The second-order valence-corrected chi connectivity index (χ2v) is 4.99. The van der Waals surface area contributed by atoms with Gasteiger partial charge >= 0.3 is 6.18 Å². The SMILES string of the molecule is Cc1cc(NC(=O)C2(N)CC2)ccc1OCC(F)(F)F.Cl. The minimum absolute atomic E-state index is 0. The largest absolute Gasteiger partial charge is 0.484 e. The van der Waals surface area contributed by atoms with Crippen molar-refractivity contribution in [2.24, 2.45) is 5.73 Å². The van der Waals surface area contributed by atoms with Crippen LogP contribution >= 0.6 is 12.4 Å². The Morgan fingerprint density at radius 2 is 2.05 bits per heavy atom. The smallest absolute Gasteiger partial charge is 0.422 e. The molecule has 0 radical (unpaired) electrons. The number of nitrogens with two attached hydrogens (primary N) is 1. The molecule has 1 aromatic rings. The molecule has 0 atom stereocenters. The fourth-order valence-corrected chi connectivity index (χ4v) is 1.67. The van der Waals surface area contributed by atoms with Gasteiger partial charge in [0, 0.05) is 5.69 Å². The van der Waals surface area contributed by atoms with Crippen LogP contribution in [0.25, 0.3) is 0 Å². The molecule has 0 heterocycles. The molecule has 8 heteroatoms. The summed E-state index contributed by atoms with van der Waals surface area (Å²) in [6.45, 7) is 0.266. The average molecular weight is 325 g/mol. The molecule has 0 saturated heterocycles. The highest BCUT2D eigenvalue weighted by atomic mass is 35.5. The Morgan fingerprint density at radius 1 is 1.43 bits per heavy atom. The second-order valence-electron chi connectivity index (χ2n) is 4.99. The van der Waals surface area contributed by atoms with E-state index in [2.05, 4.69) is 10.1 Å². The number of carbonyl (C=O) groups excluding carboxylic acids is 1. The number of hydrogen-bond donors (Lipinski definition) is 2. The van der Waals surface area contributed by atoms with Gasteiger partial charge in [0.1, 0.15) is 5.75 Å². The van der Waals surface area contributed by atoms with Crippen molar-refractivity contribution in [2.45, 2.75) is 31.5 Å². The summed E-state index contributed by atoms with van der Waals surface area (Å²) in [7, 11) is 0. The zero-order valence-corrected chi connectivity index (χ0v) is 12.1. The van der Waals surface area contributed by atoms with Crippen molar-refractivity contribution in [3.05, 3.63) is 23.8 Å². The standard InChI is InChI=1S/C13H15F3N2O2.ClH/c1-8-6-9(18-11(19)12(17)4-5-12)2-3-10(8)20-7-13(14,15)16;/h2-3,6H,4-5,7,17H2,1H3,(H,18,19);1H. The third-order valence-corrected chi connectivity index (χ3v) is 3.07. The number of hydrogen-bond acceptors (Lipinski definition) is 3. The molecule has 1 aromatic carbocycles. The van der Waals surface area contributed by atoms with Gasteiger partial charge in [-0.25, -0.2) is 0 Å².